The molecule has 0 amide bonds. The number of rotatable bonds is 4. The van der Waals surface area contributed by atoms with Crippen molar-refractivity contribution < 1.29 is 9.66 Å². The van der Waals surface area contributed by atoms with Crippen LogP contribution in [-0.4, -0.2) is 27.5 Å². The Morgan fingerprint density at radius 3 is 2.85 bits per heavy atom. The van der Waals surface area contributed by atoms with Crippen molar-refractivity contribution in [3.63, 3.8) is 0 Å². The number of aromatic nitrogens is 2. The van der Waals surface area contributed by atoms with Crippen molar-refractivity contribution in [2.45, 2.75) is 25.0 Å². The normalized spacial score (nSPS) is 19.7. The van der Waals surface area contributed by atoms with Gasteiger partial charge in [0.25, 0.3) is 11.2 Å². The van der Waals surface area contributed by atoms with Crippen molar-refractivity contribution in [2.75, 3.05) is 11.9 Å². The molecule has 0 bridgehead atoms. The van der Waals surface area contributed by atoms with E-state index in [2.05, 4.69) is 15.3 Å². The zero-order chi connectivity index (χ0) is 18.8. The van der Waals surface area contributed by atoms with Gasteiger partial charge in [0.15, 0.2) is 0 Å². The molecule has 2 aromatic carbocycles. The molecule has 2 heterocycles. The number of fused-ring (bicyclic) bond motifs is 1. The number of H-pyrrole nitrogens is 1. The van der Waals surface area contributed by atoms with Gasteiger partial charge in [-0.05, 0) is 24.5 Å². The van der Waals surface area contributed by atoms with E-state index < -0.39 is 10.5 Å². The molecule has 3 aromatic rings. The molecule has 4 rings (SSSR count). The van der Waals surface area contributed by atoms with Gasteiger partial charge in [0.05, 0.1) is 28.3 Å². The van der Waals surface area contributed by atoms with Gasteiger partial charge in [-0.1, -0.05) is 30.3 Å². The van der Waals surface area contributed by atoms with Gasteiger partial charge in [-0.15, -0.1) is 0 Å². The van der Waals surface area contributed by atoms with E-state index in [1.165, 1.54) is 12.4 Å². The number of nitrogens with zero attached hydrogens (tertiary/aromatic N) is 2. The monoisotopic (exact) mass is 366 g/mol. The van der Waals surface area contributed by atoms with Crippen LogP contribution >= 0.6 is 0 Å². The number of benzene rings is 2. The Hall–Kier alpha value is -3.26. The first-order valence-corrected chi connectivity index (χ1v) is 8.71. The zero-order valence-corrected chi connectivity index (χ0v) is 14.4. The second-order valence-electron chi connectivity index (χ2n) is 6.51. The van der Waals surface area contributed by atoms with Crippen LogP contribution in [0.25, 0.3) is 10.9 Å². The largest absolute Gasteiger partial charge is 0.376 e. The molecule has 138 valence electrons. The molecule has 1 aromatic heterocycles. The predicted molar refractivity (Wildman–Crippen MR) is 101 cm³/mol. The number of nitrogens with one attached hydrogen (secondary N) is 2. The maximum Gasteiger partial charge on any atom is 0.293 e. The maximum atomic E-state index is 11.9. The van der Waals surface area contributed by atoms with Gasteiger partial charge in [-0.3, -0.25) is 14.9 Å². The van der Waals surface area contributed by atoms with Crippen LogP contribution in [-0.2, 0) is 4.74 Å². The molecule has 0 radical (unpaired) electrons. The van der Waals surface area contributed by atoms with E-state index in [1.54, 1.807) is 6.07 Å². The molecule has 0 aliphatic carbocycles. The molecular formula is C19H18N4O4. The van der Waals surface area contributed by atoms with Crippen molar-refractivity contribution in [3.05, 3.63) is 74.8 Å². The van der Waals surface area contributed by atoms with Crippen molar-refractivity contribution in [1.29, 1.82) is 0 Å². The third kappa shape index (κ3) is 3.52. The number of nitro benzene ring substituents is 1. The molecule has 2 N–H and O–H groups in total. The van der Waals surface area contributed by atoms with Gasteiger partial charge < -0.3 is 15.0 Å². The van der Waals surface area contributed by atoms with E-state index >= 15 is 0 Å². The lowest BCUT2D eigenvalue weighted by Crippen LogP contribution is -2.30. The van der Waals surface area contributed by atoms with Crippen LogP contribution in [0.1, 0.15) is 24.5 Å². The quantitative estimate of drug-likeness (QED) is 0.542. The molecule has 1 aliphatic heterocycles. The molecule has 1 aliphatic rings. The first kappa shape index (κ1) is 17.2. The fourth-order valence-corrected chi connectivity index (χ4v) is 3.42. The highest BCUT2D eigenvalue weighted by Gasteiger charge is 2.26. The highest BCUT2D eigenvalue weighted by Crippen LogP contribution is 2.33. The molecule has 0 spiro atoms. The lowest BCUT2D eigenvalue weighted by atomic mass is 9.97. The SMILES string of the molecule is O=c1[nH]cnc2cc(NC3CCOC(c4ccccc4)C3)c([N+](=O)[O-])cc12. The minimum Gasteiger partial charge on any atom is -0.376 e. The zero-order valence-electron chi connectivity index (χ0n) is 14.4. The highest BCUT2D eigenvalue weighted by atomic mass is 16.6. The summed E-state index contributed by atoms with van der Waals surface area (Å²) in [6.45, 7) is 0.566. The van der Waals surface area contributed by atoms with E-state index in [-0.39, 0.29) is 23.2 Å². The fraction of sp³-hybridized carbons (Fsp3) is 0.263. The standard InChI is InChI=1S/C19H18N4O4/c24-19-14-9-17(23(25)26)16(10-15(14)20-11-21-19)22-13-6-7-27-18(8-13)12-4-2-1-3-5-12/h1-5,9-11,13,18,22H,6-8H2,(H,20,21,24). The number of nitro groups is 1. The summed E-state index contributed by atoms with van der Waals surface area (Å²) in [5, 5.41) is 15.0. The average Bonchev–Trinajstić information content (AvgIpc) is 2.68. The lowest BCUT2D eigenvalue weighted by Gasteiger charge is -2.31. The average molecular weight is 366 g/mol. The van der Waals surface area contributed by atoms with Gasteiger partial charge in [0.2, 0.25) is 0 Å². The van der Waals surface area contributed by atoms with Gasteiger partial charge in [-0.25, -0.2) is 4.98 Å². The Morgan fingerprint density at radius 2 is 2.07 bits per heavy atom. The van der Waals surface area contributed by atoms with E-state index in [4.69, 9.17) is 4.74 Å². The van der Waals surface area contributed by atoms with Crippen LogP contribution in [0.15, 0.2) is 53.6 Å². The number of hydrogen-bond donors (Lipinski definition) is 2. The summed E-state index contributed by atoms with van der Waals surface area (Å²) in [5.41, 5.74) is 1.33. The van der Waals surface area contributed by atoms with Crippen molar-refractivity contribution in [3.8, 4) is 0 Å². The van der Waals surface area contributed by atoms with Crippen molar-refractivity contribution in [1.82, 2.24) is 9.97 Å². The van der Waals surface area contributed by atoms with Crippen LogP contribution in [0.5, 0.6) is 0 Å². The molecule has 8 nitrogen and oxygen atoms in total. The van der Waals surface area contributed by atoms with Crippen molar-refractivity contribution >= 4 is 22.3 Å². The Kier molecular flexibility index (Phi) is 4.55. The molecule has 8 heteroatoms. The Balaban J connectivity index is 1.63. The topological polar surface area (TPSA) is 110 Å². The molecule has 2 unspecified atom stereocenters. The van der Waals surface area contributed by atoms with E-state index in [0.29, 0.717) is 24.2 Å². The lowest BCUT2D eigenvalue weighted by molar-refractivity contribution is -0.383. The Bertz CT molecular complexity index is 1030. The summed E-state index contributed by atoms with van der Waals surface area (Å²) < 4.78 is 5.86. The molecule has 1 saturated heterocycles. The molecule has 27 heavy (non-hydrogen) atoms. The van der Waals surface area contributed by atoms with E-state index in [1.807, 2.05) is 30.3 Å². The van der Waals surface area contributed by atoms with Gasteiger partial charge in [-0.2, -0.15) is 0 Å². The first-order valence-electron chi connectivity index (χ1n) is 8.71. The number of anilines is 1. The van der Waals surface area contributed by atoms with Gasteiger partial charge in [0, 0.05) is 18.7 Å². The number of aromatic amines is 1. The fourth-order valence-electron chi connectivity index (χ4n) is 3.42. The third-order valence-corrected chi connectivity index (χ3v) is 4.77. The Labute approximate surface area is 154 Å². The van der Waals surface area contributed by atoms with Crippen LogP contribution in [0, 0.1) is 10.1 Å². The molecule has 0 saturated carbocycles. The summed E-state index contributed by atoms with van der Waals surface area (Å²) in [5.74, 6) is 0. The minimum absolute atomic E-state index is 0.0158. The van der Waals surface area contributed by atoms with Crippen LogP contribution in [0.3, 0.4) is 0 Å². The summed E-state index contributed by atoms with van der Waals surface area (Å²) in [7, 11) is 0. The van der Waals surface area contributed by atoms with E-state index in [9.17, 15) is 14.9 Å². The van der Waals surface area contributed by atoms with Crippen LogP contribution < -0.4 is 10.9 Å². The smallest absolute Gasteiger partial charge is 0.293 e. The van der Waals surface area contributed by atoms with E-state index in [0.717, 1.165) is 12.0 Å². The summed E-state index contributed by atoms with van der Waals surface area (Å²) in [4.78, 5) is 29.5. The van der Waals surface area contributed by atoms with Gasteiger partial charge >= 0.3 is 0 Å². The summed E-state index contributed by atoms with van der Waals surface area (Å²) in [6.07, 6.45) is 2.67. The third-order valence-electron chi connectivity index (χ3n) is 4.77. The van der Waals surface area contributed by atoms with Crippen molar-refractivity contribution in [2.24, 2.45) is 0 Å². The number of ether oxygens (including phenoxy) is 1. The molecule has 1 fully saturated rings. The van der Waals surface area contributed by atoms with Crippen LogP contribution in [0.4, 0.5) is 11.4 Å². The maximum absolute atomic E-state index is 11.9. The second kappa shape index (κ2) is 7.16. The minimum atomic E-state index is -0.484. The first-order chi connectivity index (χ1) is 13.1. The van der Waals surface area contributed by atoms with Gasteiger partial charge in [0.1, 0.15) is 5.69 Å². The number of hydrogen-bond acceptors (Lipinski definition) is 6. The molecular weight excluding hydrogens is 348 g/mol. The summed E-state index contributed by atoms with van der Waals surface area (Å²) in [6, 6.07) is 12.8. The Morgan fingerprint density at radius 1 is 1.26 bits per heavy atom. The highest BCUT2D eigenvalue weighted by molar-refractivity contribution is 5.86. The second-order valence-corrected chi connectivity index (χ2v) is 6.51. The summed E-state index contributed by atoms with van der Waals surface area (Å²) >= 11 is 0. The molecule has 2 atom stereocenters. The van der Waals surface area contributed by atoms with Crippen LogP contribution in [0.2, 0.25) is 0 Å². The predicted octanol–water partition coefficient (Wildman–Crippen LogP) is 3.16.